The maximum absolute atomic E-state index is 13.1. The number of alkyl halides is 3. The quantitative estimate of drug-likeness (QED) is 0.496. The van der Waals surface area contributed by atoms with Gasteiger partial charge in [0.05, 0.1) is 6.42 Å². The Morgan fingerprint density at radius 1 is 1.27 bits per heavy atom. The summed E-state index contributed by atoms with van der Waals surface area (Å²) in [7, 11) is 0. The molecule has 2 N–H and O–H groups in total. The van der Waals surface area contributed by atoms with Crippen LogP contribution in [0.2, 0.25) is 0 Å². The molecular formula is C9H9F4NS. The predicted molar refractivity (Wildman–Crippen MR) is 52.2 cm³/mol. The molecule has 0 amide bonds. The Bertz CT molecular complexity index is 337. The molecule has 15 heavy (non-hydrogen) atoms. The Kier molecular flexibility index (Phi) is 3.84. The first-order valence-corrected chi connectivity index (χ1v) is 5.11. The van der Waals surface area contributed by atoms with E-state index in [1.54, 1.807) is 0 Å². The average Bonchev–Trinajstić information content (AvgIpc) is 2.07. The molecule has 84 valence electrons. The molecule has 0 saturated carbocycles. The van der Waals surface area contributed by atoms with Crippen LogP contribution in [0, 0.1) is 5.82 Å². The first kappa shape index (κ1) is 12.2. The Morgan fingerprint density at radius 2 is 1.93 bits per heavy atom. The van der Waals surface area contributed by atoms with Crippen LogP contribution in [0.1, 0.15) is 6.42 Å². The molecule has 0 fully saturated rings. The molecule has 0 aliphatic carbocycles. The maximum atomic E-state index is 13.1. The van der Waals surface area contributed by atoms with E-state index < -0.39 is 18.4 Å². The number of rotatable bonds is 3. The van der Waals surface area contributed by atoms with Crippen molar-refractivity contribution in [3.63, 3.8) is 0 Å². The lowest BCUT2D eigenvalue weighted by Gasteiger charge is -2.06. The van der Waals surface area contributed by atoms with E-state index in [9.17, 15) is 17.6 Å². The van der Waals surface area contributed by atoms with Crippen molar-refractivity contribution in [3.8, 4) is 0 Å². The number of benzene rings is 1. The van der Waals surface area contributed by atoms with E-state index in [0.717, 1.165) is 17.8 Å². The molecule has 0 aromatic heterocycles. The molecule has 0 unspecified atom stereocenters. The highest BCUT2D eigenvalue weighted by molar-refractivity contribution is 7.99. The highest BCUT2D eigenvalue weighted by Crippen LogP contribution is 2.28. The second-order valence-corrected chi connectivity index (χ2v) is 4.04. The van der Waals surface area contributed by atoms with Crippen molar-refractivity contribution >= 4 is 17.4 Å². The molecular weight excluding hydrogens is 230 g/mol. The summed E-state index contributed by atoms with van der Waals surface area (Å²) in [5.41, 5.74) is 5.55. The fraction of sp³-hybridized carbons (Fsp3) is 0.333. The fourth-order valence-electron chi connectivity index (χ4n) is 0.911. The topological polar surface area (TPSA) is 26.0 Å². The molecule has 0 bridgehead atoms. The van der Waals surface area contributed by atoms with Crippen LogP contribution in [0.4, 0.5) is 23.2 Å². The average molecular weight is 239 g/mol. The van der Waals surface area contributed by atoms with Crippen LogP contribution in [0.15, 0.2) is 23.1 Å². The Labute approximate surface area is 88.7 Å². The zero-order valence-corrected chi connectivity index (χ0v) is 8.46. The van der Waals surface area contributed by atoms with Gasteiger partial charge >= 0.3 is 6.18 Å². The molecule has 6 heteroatoms. The summed E-state index contributed by atoms with van der Waals surface area (Å²) in [5.74, 6) is -0.771. The van der Waals surface area contributed by atoms with E-state index in [4.69, 9.17) is 5.73 Å². The summed E-state index contributed by atoms with van der Waals surface area (Å²) < 4.78 is 48.5. The number of hydrogen-bond acceptors (Lipinski definition) is 2. The minimum Gasteiger partial charge on any atom is -0.399 e. The lowest BCUT2D eigenvalue weighted by molar-refractivity contribution is -0.129. The maximum Gasteiger partial charge on any atom is 0.389 e. The molecule has 0 spiro atoms. The van der Waals surface area contributed by atoms with Gasteiger partial charge in [0.15, 0.2) is 0 Å². The third-order valence-corrected chi connectivity index (χ3v) is 2.65. The van der Waals surface area contributed by atoms with Crippen molar-refractivity contribution in [1.82, 2.24) is 0 Å². The van der Waals surface area contributed by atoms with Crippen molar-refractivity contribution in [1.29, 1.82) is 0 Å². The number of nitrogens with two attached hydrogens (primary N) is 1. The molecule has 0 atom stereocenters. The van der Waals surface area contributed by atoms with Gasteiger partial charge in [0.2, 0.25) is 0 Å². The number of halogens is 4. The van der Waals surface area contributed by atoms with Crippen LogP contribution < -0.4 is 5.73 Å². The van der Waals surface area contributed by atoms with E-state index >= 15 is 0 Å². The normalized spacial score (nSPS) is 11.7. The lowest BCUT2D eigenvalue weighted by atomic mass is 10.3. The van der Waals surface area contributed by atoms with Gasteiger partial charge in [-0.05, 0) is 18.2 Å². The van der Waals surface area contributed by atoms with E-state index in [0.29, 0.717) is 0 Å². The predicted octanol–water partition coefficient (Wildman–Crippen LogP) is 3.45. The minimum absolute atomic E-state index is 0.188. The number of thioether (sulfide) groups is 1. The fourth-order valence-corrected chi connectivity index (χ4v) is 1.83. The molecule has 1 aromatic rings. The highest BCUT2D eigenvalue weighted by atomic mass is 32.2. The van der Waals surface area contributed by atoms with Gasteiger partial charge in [-0.15, -0.1) is 11.8 Å². The van der Waals surface area contributed by atoms with Crippen LogP contribution in [0.3, 0.4) is 0 Å². The van der Waals surface area contributed by atoms with E-state index in [1.807, 2.05) is 0 Å². The minimum atomic E-state index is -4.20. The molecule has 0 saturated heterocycles. The second-order valence-electron chi connectivity index (χ2n) is 2.90. The third kappa shape index (κ3) is 4.42. The Hall–Kier alpha value is -0.910. The van der Waals surface area contributed by atoms with Crippen molar-refractivity contribution in [2.24, 2.45) is 0 Å². The van der Waals surface area contributed by atoms with E-state index in [1.165, 1.54) is 12.1 Å². The number of hydrogen-bond donors (Lipinski definition) is 1. The SMILES string of the molecule is Nc1ccc(SCCC(F)(F)F)c(F)c1. The highest BCUT2D eigenvalue weighted by Gasteiger charge is 2.26. The molecule has 0 heterocycles. The van der Waals surface area contributed by atoms with Gasteiger partial charge in [-0.1, -0.05) is 0 Å². The van der Waals surface area contributed by atoms with Crippen molar-refractivity contribution in [2.45, 2.75) is 17.5 Å². The van der Waals surface area contributed by atoms with Crippen LogP contribution in [0.25, 0.3) is 0 Å². The zero-order chi connectivity index (χ0) is 11.5. The largest absolute Gasteiger partial charge is 0.399 e. The third-order valence-electron chi connectivity index (χ3n) is 1.60. The lowest BCUT2D eigenvalue weighted by Crippen LogP contribution is -2.08. The summed E-state index contributed by atoms with van der Waals surface area (Å²) in [6.07, 6.45) is -5.13. The summed E-state index contributed by atoms with van der Waals surface area (Å²) in [6.45, 7) is 0. The van der Waals surface area contributed by atoms with Crippen LogP contribution in [-0.2, 0) is 0 Å². The van der Waals surface area contributed by atoms with Gasteiger partial charge in [0.1, 0.15) is 5.82 Å². The van der Waals surface area contributed by atoms with E-state index in [-0.39, 0.29) is 16.3 Å². The van der Waals surface area contributed by atoms with Gasteiger partial charge in [-0.3, -0.25) is 0 Å². The van der Waals surface area contributed by atoms with Crippen LogP contribution in [-0.4, -0.2) is 11.9 Å². The van der Waals surface area contributed by atoms with E-state index in [2.05, 4.69) is 0 Å². The van der Waals surface area contributed by atoms with Gasteiger partial charge in [0.25, 0.3) is 0 Å². The molecule has 0 aliphatic rings. The van der Waals surface area contributed by atoms with Gasteiger partial charge in [-0.2, -0.15) is 13.2 Å². The van der Waals surface area contributed by atoms with Gasteiger partial charge < -0.3 is 5.73 Å². The number of anilines is 1. The van der Waals surface area contributed by atoms with Crippen LogP contribution >= 0.6 is 11.8 Å². The van der Waals surface area contributed by atoms with Crippen molar-refractivity contribution < 1.29 is 17.6 Å². The smallest absolute Gasteiger partial charge is 0.389 e. The number of nitrogen functional groups attached to an aromatic ring is 1. The summed E-state index contributed by atoms with van der Waals surface area (Å²) >= 11 is 0.832. The Balaban J connectivity index is 2.51. The summed E-state index contributed by atoms with van der Waals surface area (Å²) in [6, 6.07) is 3.93. The monoisotopic (exact) mass is 239 g/mol. The Morgan fingerprint density at radius 3 is 2.47 bits per heavy atom. The van der Waals surface area contributed by atoms with Crippen molar-refractivity contribution in [2.75, 3.05) is 11.5 Å². The van der Waals surface area contributed by atoms with Crippen molar-refractivity contribution in [3.05, 3.63) is 24.0 Å². The molecule has 1 rings (SSSR count). The standard InChI is InChI=1S/C9H9F4NS/c10-7-5-6(14)1-2-8(7)15-4-3-9(11,12)13/h1-2,5H,3-4,14H2. The van der Waals surface area contributed by atoms with Gasteiger partial charge in [0, 0.05) is 16.3 Å². The molecule has 0 aliphatic heterocycles. The van der Waals surface area contributed by atoms with Crippen LogP contribution in [0.5, 0.6) is 0 Å². The zero-order valence-electron chi connectivity index (χ0n) is 7.64. The molecule has 1 nitrogen and oxygen atoms in total. The summed E-state index contributed by atoms with van der Waals surface area (Å²) in [5, 5.41) is 0. The molecule has 1 aromatic carbocycles. The first-order valence-electron chi connectivity index (χ1n) is 4.13. The first-order chi connectivity index (χ1) is 6.88. The van der Waals surface area contributed by atoms with Gasteiger partial charge in [-0.25, -0.2) is 4.39 Å². The summed E-state index contributed by atoms with van der Waals surface area (Å²) in [4.78, 5) is 0.188. The second kappa shape index (κ2) is 4.74. The molecule has 0 radical (unpaired) electrons.